The van der Waals surface area contributed by atoms with E-state index in [-0.39, 0.29) is 24.8 Å². The second-order valence-electron chi connectivity index (χ2n) is 4.14. The van der Waals surface area contributed by atoms with E-state index in [2.05, 4.69) is 34.2 Å². The van der Waals surface area contributed by atoms with Crippen LogP contribution >= 0.6 is 48.3 Å². The summed E-state index contributed by atoms with van der Waals surface area (Å²) in [5.74, 6) is 5.28. The van der Waals surface area contributed by atoms with Crippen molar-refractivity contribution in [2.75, 3.05) is 49.2 Å². The first-order valence-electron chi connectivity index (χ1n) is 6.57. The van der Waals surface area contributed by atoms with Gasteiger partial charge < -0.3 is 10.6 Å². The lowest BCUT2D eigenvalue weighted by atomic mass is 10.4. The van der Waals surface area contributed by atoms with Crippen LogP contribution < -0.4 is 10.6 Å². The fourth-order valence-corrected chi connectivity index (χ4v) is 3.45. The number of thioether (sulfide) groups is 2. The highest BCUT2D eigenvalue weighted by molar-refractivity contribution is 7.99. The van der Waals surface area contributed by atoms with Gasteiger partial charge in [0, 0.05) is 0 Å². The molecule has 0 aliphatic carbocycles. The second kappa shape index (κ2) is 18.2. The zero-order chi connectivity index (χ0) is 11.3. The molecule has 1 heterocycles. The molecule has 1 fully saturated rings. The molecule has 0 aromatic rings. The molecule has 0 bridgehead atoms. The molecule has 2 N–H and O–H groups in total. The van der Waals surface area contributed by atoms with Gasteiger partial charge in [0.15, 0.2) is 0 Å². The lowest BCUT2D eigenvalue weighted by Gasteiger charge is -2.08. The van der Waals surface area contributed by atoms with Crippen LogP contribution in [0.15, 0.2) is 0 Å². The maximum absolute atomic E-state index is 3.53. The third kappa shape index (κ3) is 15.3. The van der Waals surface area contributed by atoms with Gasteiger partial charge in [-0.15, -0.1) is 24.8 Å². The SMILES string of the molecule is C1CNCCCSCCCNCCCSC1.Cl.Cl. The van der Waals surface area contributed by atoms with E-state index < -0.39 is 0 Å². The van der Waals surface area contributed by atoms with Gasteiger partial charge >= 0.3 is 0 Å². The molecule has 1 aliphatic rings. The van der Waals surface area contributed by atoms with E-state index in [0.29, 0.717) is 0 Å². The van der Waals surface area contributed by atoms with Crippen molar-refractivity contribution in [2.24, 2.45) is 0 Å². The molecule has 0 amide bonds. The van der Waals surface area contributed by atoms with E-state index in [4.69, 9.17) is 0 Å². The molecule has 18 heavy (non-hydrogen) atoms. The average molecular weight is 335 g/mol. The van der Waals surface area contributed by atoms with E-state index >= 15 is 0 Å². The van der Waals surface area contributed by atoms with Crippen molar-refractivity contribution in [3.8, 4) is 0 Å². The van der Waals surface area contributed by atoms with Crippen molar-refractivity contribution < 1.29 is 0 Å². The minimum Gasteiger partial charge on any atom is -0.317 e. The van der Waals surface area contributed by atoms with Crippen molar-refractivity contribution in [1.82, 2.24) is 10.6 Å². The summed E-state index contributed by atoms with van der Waals surface area (Å²) < 4.78 is 0. The minimum atomic E-state index is 0. The van der Waals surface area contributed by atoms with Crippen LogP contribution in [0.25, 0.3) is 0 Å². The van der Waals surface area contributed by atoms with Crippen molar-refractivity contribution in [3.63, 3.8) is 0 Å². The summed E-state index contributed by atoms with van der Waals surface area (Å²) in [6.07, 6.45) is 5.30. The van der Waals surface area contributed by atoms with Gasteiger partial charge in [-0.3, -0.25) is 0 Å². The van der Waals surface area contributed by atoms with Crippen LogP contribution in [0.3, 0.4) is 0 Å². The fourth-order valence-electron chi connectivity index (χ4n) is 1.65. The van der Waals surface area contributed by atoms with E-state index in [1.807, 2.05) is 0 Å². The Kier molecular flexibility index (Phi) is 21.7. The molecule has 1 rings (SSSR count). The molecule has 0 aromatic carbocycles. The summed E-state index contributed by atoms with van der Waals surface area (Å²) in [7, 11) is 0. The summed E-state index contributed by atoms with van der Waals surface area (Å²) >= 11 is 4.21. The quantitative estimate of drug-likeness (QED) is 0.711. The van der Waals surface area contributed by atoms with E-state index in [9.17, 15) is 0 Å². The molecule has 6 heteroatoms. The summed E-state index contributed by atoms with van der Waals surface area (Å²) in [5.41, 5.74) is 0. The molecule has 0 saturated carbocycles. The van der Waals surface area contributed by atoms with Crippen LogP contribution in [0.5, 0.6) is 0 Å². The Morgan fingerprint density at radius 1 is 0.500 bits per heavy atom. The molecule has 2 nitrogen and oxygen atoms in total. The van der Waals surface area contributed by atoms with Gasteiger partial charge in [-0.05, 0) is 74.9 Å². The third-order valence-corrected chi connectivity index (χ3v) is 4.88. The summed E-state index contributed by atoms with van der Waals surface area (Å²) in [6, 6.07) is 0. The monoisotopic (exact) mass is 334 g/mol. The molecular weight excluding hydrogens is 307 g/mol. The van der Waals surface area contributed by atoms with Crippen LogP contribution in [0, 0.1) is 0 Å². The van der Waals surface area contributed by atoms with Crippen LogP contribution in [-0.4, -0.2) is 49.2 Å². The Bertz CT molecular complexity index is 90.0. The number of rotatable bonds is 0. The topological polar surface area (TPSA) is 24.1 Å². The predicted octanol–water partition coefficient (Wildman–Crippen LogP) is 3.05. The van der Waals surface area contributed by atoms with Gasteiger partial charge in [0.2, 0.25) is 0 Å². The van der Waals surface area contributed by atoms with Crippen LogP contribution in [0.2, 0.25) is 0 Å². The van der Waals surface area contributed by atoms with Crippen molar-refractivity contribution in [2.45, 2.75) is 25.7 Å². The van der Waals surface area contributed by atoms with E-state index in [0.717, 1.165) is 0 Å². The third-order valence-electron chi connectivity index (χ3n) is 2.57. The first-order valence-corrected chi connectivity index (χ1v) is 8.88. The maximum Gasteiger partial charge on any atom is -0.00410 e. The minimum absolute atomic E-state index is 0. The zero-order valence-electron chi connectivity index (χ0n) is 11.1. The highest BCUT2D eigenvalue weighted by Crippen LogP contribution is 2.05. The number of hydrogen-bond acceptors (Lipinski definition) is 4. The van der Waals surface area contributed by atoms with Gasteiger partial charge in [-0.1, -0.05) is 0 Å². The molecule has 0 aromatic heterocycles. The zero-order valence-corrected chi connectivity index (χ0v) is 14.4. The molecule has 1 saturated heterocycles. The number of nitrogens with one attached hydrogen (secondary N) is 2. The van der Waals surface area contributed by atoms with Crippen molar-refractivity contribution in [1.29, 1.82) is 0 Å². The fraction of sp³-hybridized carbons (Fsp3) is 1.00. The highest BCUT2D eigenvalue weighted by atomic mass is 35.5. The Hall–Kier alpha value is 1.20. The van der Waals surface area contributed by atoms with Gasteiger partial charge in [0.25, 0.3) is 0 Å². The first kappa shape index (κ1) is 21.5. The molecule has 0 atom stereocenters. The van der Waals surface area contributed by atoms with Crippen LogP contribution in [0.1, 0.15) is 25.7 Å². The molecule has 112 valence electrons. The van der Waals surface area contributed by atoms with Gasteiger partial charge in [0.1, 0.15) is 0 Å². The first-order chi connectivity index (χ1) is 8.00. The van der Waals surface area contributed by atoms with Gasteiger partial charge in [0.05, 0.1) is 0 Å². The Morgan fingerprint density at radius 3 is 1.06 bits per heavy atom. The molecule has 0 spiro atoms. The summed E-state index contributed by atoms with van der Waals surface area (Å²) in [4.78, 5) is 0. The predicted molar refractivity (Wildman–Crippen MR) is 93.4 cm³/mol. The standard InChI is InChI=1S/C12H26N2S2.2ClH/c1-5-13-6-2-11-16-12-4-8-14-7-3-10-15-9-1;;/h13-14H,1-12H2;2*1H. The summed E-state index contributed by atoms with van der Waals surface area (Å²) in [5, 5.41) is 7.06. The Labute approximate surface area is 133 Å². The molecule has 0 unspecified atom stereocenters. The maximum atomic E-state index is 3.53. The number of hydrogen-bond donors (Lipinski definition) is 2. The second-order valence-corrected chi connectivity index (χ2v) is 6.59. The Morgan fingerprint density at radius 2 is 0.778 bits per heavy atom. The number of halogens is 2. The average Bonchev–Trinajstić information content (AvgIpc) is 2.29. The molecule has 0 radical (unpaired) electrons. The molecule has 1 aliphatic heterocycles. The Balaban J connectivity index is 0. The lowest BCUT2D eigenvalue weighted by molar-refractivity contribution is 0.659. The molecular formula is C12H28Cl2N2S2. The van der Waals surface area contributed by atoms with Gasteiger partial charge in [-0.2, -0.15) is 23.5 Å². The van der Waals surface area contributed by atoms with Crippen LogP contribution in [0.4, 0.5) is 0 Å². The lowest BCUT2D eigenvalue weighted by Crippen LogP contribution is -2.19. The van der Waals surface area contributed by atoms with E-state index in [1.165, 1.54) is 74.9 Å². The van der Waals surface area contributed by atoms with Crippen LogP contribution in [-0.2, 0) is 0 Å². The van der Waals surface area contributed by atoms with Crippen molar-refractivity contribution in [3.05, 3.63) is 0 Å². The van der Waals surface area contributed by atoms with Crippen molar-refractivity contribution >= 4 is 48.3 Å². The van der Waals surface area contributed by atoms with Gasteiger partial charge in [-0.25, -0.2) is 0 Å². The highest BCUT2D eigenvalue weighted by Gasteiger charge is 1.95. The smallest absolute Gasteiger partial charge is 0.00410 e. The largest absolute Gasteiger partial charge is 0.317 e. The van der Waals surface area contributed by atoms with E-state index in [1.54, 1.807) is 0 Å². The summed E-state index contributed by atoms with van der Waals surface area (Å²) in [6.45, 7) is 4.82. The normalized spacial score (nSPS) is 21.3.